The molecule has 4 nitrogen and oxygen atoms in total. The van der Waals surface area contributed by atoms with Gasteiger partial charge in [-0.3, -0.25) is 0 Å². The molecule has 4 rings (SSSR count). The van der Waals surface area contributed by atoms with Crippen molar-refractivity contribution in [2.24, 2.45) is 0 Å². The molecule has 0 atom stereocenters. The molecule has 196 valence electrons. The molecule has 0 aromatic heterocycles. The van der Waals surface area contributed by atoms with Crippen LogP contribution in [0.5, 0.6) is 5.75 Å². The lowest BCUT2D eigenvalue weighted by Gasteiger charge is -2.34. The van der Waals surface area contributed by atoms with Crippen LogP contribution in [0.4, 0.5) is 10.5 Å². The fourth-order valence-electron chi connectivity index (χ4n) is 4.91. The molecule has 2 amide bonds. The first-order valence-electron chi connectivity index (χ1n) is 13.3. The van der Waals surface area contributed by atoms with E-state index in [0.717, 1.165) is 39.3 Å². The summed E-state index contributed by atoms with van der Waals surface area (Å²) in [6, 6.07) is 34.3. The first-order valence-corrected chi connectivity index (χ1v) is 13.3. The maximum Gasteiger partial charge on any atom is 0.322 e. The smallest absolute Gasteiger partial charge is 0.322 e. The van der Waals surface area contributed by atoms with E-state index in [0.29, 0.717) is 6.54 Å². The molecular weight excluding hydrogens is 468 g/mol. The maximum atomic E-state index is 14.4. The Kier molecular flexibility index (Phi) is 8.85. The standard InChI is InChI=1S/C34H38N2O2/c1-24(2)30-17-12-18-31(25(3)4)32(30)35-34(37)36(23-26-19-21-29(38-5)22-20-26)33(27-13-8-6-9-14-27)28-15-10-7-11-16-28/h6-22,24-25,33H,23H2,1-5H3,(H,35,37). The van der Waals surface area contributed by atoms with Crippen molar-refractivity contribution < 1.29 is 9.53 Å². The molecule has 0 aliphatic carbocycles. The van der Waals surface area contributed by atoms with Crippen LogP contribution in [0.2, 0.25) is 0 Å². The van der Waals surface area contributed by atoms with E-state index in [2.05, 4.69) is 75.5 Å². The van der Waals surface area contributed by atoms with E-state index in [9.17, 15) is 4.79 Å². The van der Waals surface area contributed by atoms with Gasteiger partial charge in [-0.1, -0.05) is 119 Å². The number of methoxy groups -OCH3 is 1. The summed E-state index contributed by atoms with van der Waals surface area (Å²) >= 11 is 0. The molecule has 0 spiro atoms. The normalized spacial score (nSPS) is 11.2. The molecule has 38 heavy (non-hydrogen) atoms. The van der Waals surface area contributed by atoms with E-state index >= 15 is 0 Å². The number of para-hydroxylation sites is 1. The number of nitrogens with zero attached hydrogens (tertiary/aromatic N) is 1. The fraction of sp³-hybridized carbons (Fsp3) is 0.265. The SMILES string of the molecule is COc1ccc(CN(C(=O)Nc2c(C(C)C)cccc2C(C)C)C(c2ccccc2)c2ccccc2)cc1. The van der Waals surface area contributed by atoms with Crippen molar-refractivity contribution in [1.82, 2.24) is 4.90 Å². The zero-order valence-electron chi connectivity index (χ0n) is 23.0. The average Bonchev–Trinajstić information content (AvgIpc) is 2.94. The zero-order chi connectivity index (χ0) is 27.1. The van der Waals surface area contributed by atoms with Gasteiger partial charge in [-0.2, -0.15) is 0 Å². The van der Waals surface area contributed by atoms with Crippen molar-refractivity contribution in [3.8, 4) is 5.75 Å². The summed E-state index contributed by atoms with van der Waals surface area (Å²) in [5.41, 5.74) is 6.35. The van der Waals surface area contributed by atoms with Gasteiger partial charge in [-0.25, -0.2) is 4.79 Å². The lowest BCUT2D eigenvalue weighted by molar-refractivity contribution is 0.194. The van der Waals surface area contributed by atoms with Crippen LogP contribution >= 0.6 is 0 Å². The van der Waals surface area contributed by atoms with Crippen molar-refractivity contribution in [3.05, 3.63) is 131 Å². The topological polar surface area (TPSA) is 41.6 Å². The van der Waals surface area contributed by atoms with Crippen molar-refractivity contribution in [2.75, 3.05) is 12.4 Å². The van der Waals surface area contributed by atoms with Crippen LogP contribution < -0.4 is 10.1 Å². The Bertz CT molecular complexity index is 1250. The number of hydrogen-bond donors (Lipinski definition) is 1. The van der Waals surface area contributed by atoms with Gasteiger partial charge in [-0.15, -0.1) is 0 Å². The van der Waals surface area contributed by atoms with Gasteiger partial charge in [0.2, 0.25) is 0 Å². The summed E-state index contributed by atoms with van der Waals surface area (Å²) in [7, 11) is 1.66. The van der Waals surface area contributed by atoms with E-state index in [1.165, 1.54) is 0 Å². The van der Waals surface area contributed by atoms with E-state index < -0.39 is 0 Å². The minimum atomic E-state index is -0.270. The number of hydrogen-bond acceptors (Lipinski definition) is 2. The van der Waals surface area contributed by atoms with Crippen molar-refractivity contribution >= 4 is 11.7 Å². The minimum absolute atomic E-state index is 0.131. The van der Waals surface area contributed by atoms with Gasteiger partial charge in [-0.05, 0) is 51.8 Å². The second-order valence-corrected chi connectivity index (χ2v) is 10.3. The number of urea groups is 1. The van der Waals surface area contributed by atoms with Crippen LogP contribution in [0, 0.1) is 0 Å². The van der Waals surface area contributed by atoms with Crippen LogP contribution in [0.1, 0.15) is 73.4 Å². The molecular formula is C34H38N2O2. The predicted octanol–water partition coefficient (Wildman–Crippen LogP) is 8.77. The molecule has 0 radical (unpaired) electrons. The highest BCUT2D eigenvalue weighted by atomic mass is 16.5. The summed E-state index contributed by atoms with van der Waals surface area (Å²) in [5.74, 6) is 1.34. The average molecular weight is 507 g/mol. The van der Waals surface area contributed by atoms with Crippen LogP contribution in [0.25, 0.3) is 0 Å². The molecule has 0 unspecified atom stereocenters. The quantitative estimate of drug-likeness (QED) is 0.246. The first kappa shape index (κ1) is 27.0. The molecule has 1 N–H and O–H groups in total. The summed E-state index contributed by atoms with van der Waals surface area (Å²) in [6.07, 6.45) is 0. The highest BCUT2D eigenvalue weighted by Crippen LogP contribution is 2.35. The van der Waals surface area contributed by atoms with Gasteiger partial charge >= 0.3 is 6.03 Å². The highest BCUT2D eigenvalue weighted by Gasteiger charge is 2.28. The third-order valence-corrected chi connectivity index (χ3v) is 6.92. The maximum absolute atomic E-state index is 14.4. The van der Waals surface area contributed by atoms with Gasteiger partial charge in [0.05, 0.1) is 13.2 Å². The van der Waals surface area contributed by atoms with Gasteiger partial charge in [0.1, 0.15) is 5.75 Å². The Morgan fingerprint density at radius 1 is 0.711 bits per heavy atom. The third-order valence-electron chi connectivity index (χ3n) is 6.92. The Labute approximate surface area is 227 Å². The monoisotopic (exact) mass is 506 g/mol. The van der Waals surface area contributed by atoms with Gasteiger partial charge in [0, 0.05) is 12.2 Å². The molecule has 0 aliphatic heterocycles. The van der Waals surface area contributed by atoms with E-state index in [1.807, 2.05) is 65.6 Å². The second-order valence-electron chi connectivity index (χ2n) is 10.3. The van der Waals surface area contributed by atoms with Crippen LogP contribution in [0.3, 0.4) is 0 Å². The van der Waals surface area contributed by atoms with Crippen LogP contribution in [-0.4, -0.2) is 18.0 Å². The molecule has 0 fully saturated rings. The second kappa shape index (κ2) is 12.5. The van der Waals surface area contributed by atoms with Crippen molar-refractivity contribution in [2.45, 2.75) is 52.1 Å². The number of benzene rings is 4. The Hall–Kier alpha value is -4.05. The molecule has 0 heterocycles. The largest absolute Gasteiger partial charge is 0.497 e. The van der Waals surface area contributed by atoms with Crippen LogP contribution in [-0.2, 0) is 6.54 Å². The lowest BCUT2D eigenvalue weighted by Crippen LogP contribution is -2.38. The minimum Gasteiger partial charge on any atom is -0.497 e. The summed E-state index contributed by atoms with van der Waals surface area (Å²) in [6.45, 7) is 9.11. The number of amides is 2. The fourth-order valence-corrected chi connectivity index (χ4v) is 4.91. The summed E-state index contributed by atoms with van der Waals surface area (Å²) in [4.78, 5) is 16.3. The molecule has 0 saturated carbocycles. The predicted molar refractivity (Wildman–Crippen MR) is 157 cm³/mol. The van der Waals surface area contributed by atoms with Crippen LogP contribution in [0.15, 0.2) is 103 Å². The van der Waals surface area contributed by atoms with Gasteiger partial charge in [0.15, 0.2) is 0 Å². The molecule has 4 heteroatoms. The van der Waals surface area contributed by atoms with Gasteiger partial charge < -0.3 is 15.0 Å². The molecule has 0 aliphatic rings. The number of anilines is 1. The van der Waals surface area contributed by atoms with Crippen molar-refractivity contribution in [3.63, 3.8) is 0 Å². The zero-order valence-corrected chi connectivity index (χ0v) is 23.0. The number of carbonyl (C=O) groups is 1. The molecule has 0 bridgehead atoms. The van der Waals surface area contributed by atoms with E-state index in [-0.39, 0.29) is 23.9 Å². The highest BCUT2D eigenvalue weighted by molar-refractivity contribution is 5.92. The Balaban J connectivity index is 1.82. The summed E-state index contributed by atoms with van der Waals surface area (Å²) < 4.78 is 5.36. The molecule has 4 aromatic rings. The number of rotatable bonds is 9. The molecule has 4 aromatic carbocycles. The first-order chi connectivity index (χ1) is 18.4. The third kappa shape index (κ3) is 6.25. The van der Waals surface area contributed by atoms with E-state index in [1.54, 1.807) is 7.11 Å². The lowest BCUT2D eigenvalue weighted by atomic mass is 9.92. The Morgan fingerprint density at radius 3 is 1.66 bits per heavy atom. The molecule has 0 saturated heterocycles. The number of carbonyl (C=O) groups excluding carboxylic acids is 1. The van der Waals surface area contributed by atoms with Gasteiger partial charge in [0.25, 0.3) is 0 Å². The van der Waals surface area contributed by atoms with E-state index in [4.69, 9.17) is 4.74 Å². The number of ether oxygens (including phenoxy) is 1. The Morgan fingerprint density at radius 2 is 1.21 bits per heavy atom. The number of nitrogens with one attached hydrogen (secondary N) is 1. The summed E-state index contributed by atoms with van der Waals surface area (Å²) in [5, 5.41) is 3.37. The van der Waals surface area contributed by atoms with Crippen molar-refractivity contribution in [1.29, 1.82) is 0 Å².